The van der Waals surface area contributed by atoms with Gasteiger partial charge in [0.25, 0.3) is 0 Å². The van der Waals surface area contributed by atoms with Gasteiger partial charge in [-0.2, -0.15) is 4.31 Å². The third kappa shape index (κ3) is 5.14. The largest absolute Gasteiger partial charge is 0.377 e. The minimum absolute atomic E-state index is 0.0684. The van der Waals surface area contributed by atoms with Crippen LogP contribution in [0.3, 0.4) is 0 Å². The van der Waals surface area contributed by atoms with E-state index in [-0.39, 0.29) is 6.10 Å². The Bertz CT molecular complexity index is 1740. The number of aromatic nitrogens is 2. The smallest absolute Gasteiger partial charge is 0.243 e. The van der Waals surface area contributed by atoms with Gasteiger partial charge in [-0.15, -0.1) is 11.3 Å². The number of sulfonamides is 1. The van der Waals surface area contributed by atoms with Crippen molar-refractivity contribution in [3.8, 4) is 11.3 Å². The first-order valence-corrected chi connectivity index (χ1v) is 15.8. The maximum atomic E-state index is 14.0. The third-order valence-electron chi connectivity index (χ3n) is 7.58. The van der Waals surface area contributed by atoms with Crippen LogP contribution in [-0.2, 0) is 21.2 Å². The fraction of sp³-hybridized carbons (Fsp3) is 0.323. The Labute approximate surface area is 233 Å². The van der Waals surface area contributed by atoms with Crippen LogP contribution in [0.15, 0.2) is 71.1 Å². The van der Waals surface area contributed by atoms with Crippen molar-refractivity contribution in [2.45, 2.75) is 51.0 Å². The van der Waals surface area contributed by atoms with Crippen molar-refractivity contribution in [2.75, 3.05) is 19.7 Å². The Morgan fingerprint density at radius 2 is 1.82 bits per heavy atom. The standard InChI is InChI=1S/C31H33N3O3S2/c1-21-15-22(2)30(23(3)16-21)39(35,36)33(18-28-9-6-14-37-28)13-12-27-20-38-31-32-29(19-34(27)31)26-11-10-24-7-4-5-8-25(24)17-26/h4-5,7-8,10-11,15-17,19-20,28H,6,9,12-14,18H2,1-3H3. The molecule has 0 bridgehead atoms. The second-order valence-electron chi connectivity index (χ2n) is 10.5. The van der Waals surface area contributed by atoms with E-state index in [1.54, 1.807) is 15.6 Å². The highest BCUT2D eigenvalue weighted by Crippen LogP contribution is 2.29. The zero-order chi connectivity index (χ0) is 27.1. The molecule has 1 aliphatic heterocycles. The van der Waals surface area contributed by atoms with Crippen molar-refractivity contribution in [1.29, 1.82) is 0 Å². The summed E-state index contributed by atoms with van der Waals surface area (Å²) in [5.41, 5.74) is 5.69. The second kappa shape index (κ2) is 10.5. The van der Waals surface area contributed by atoms with E-state index in [2.05, 4.69) is 46.3 Å². The van der Waals surface area contributed by atoms with Gasteiger partial charge in [-0.3, -0.25) is 4.40 Å². The van der Waals surface area contributed by atoms with Gasteiger partial charge in [-0.1, -0.05) is 54.1 Å². The Kier molecular flexibility index (Phi) is 7.05. The molecule has 1 unspecified atom stereocenters. The summed E-state index contributed by atoms with van der Waals surface area (Å²) in [5, 5.41) is 4.48. The average Bonchev–Trinajstić information content (AvgIpc) is 3.64. The molecule has 1 saturated heterocycles. The highest BCUT2D eigenvalue weighted by Gasteiger charge is 2.31. The molecule has 0 aliphatic carbocycles. The number of nitrogens with zero attached hydrogens (tertiary/aromatic N) is 3. The zero-order valence-electron chi connectivity index (χ0n) is 22.6. The monoisotopic (exact) mass is 559 g/mol. The summed E-state index contributed by atoms with van der Waals surface area (Å²) < 4.78 is 37.7. The Morgan fingerprint density at radius 1 is 1.05 bits per heavy atom. The summed E-state index contributed by atoms with van der Waals surface area (Å²) in [6.45, 7) is 7.22. The number of benzene rings is 3. The van der Waals surface area contributed by atoms with Crippen molar-refractivity contribution >= 4 is 37.1 Å². The Morgan fingerprint density at radius 3 is 2.56 bits per heavy atom. The van der Waals surface area contributed by atoms with Gasteiger partial charge in [-0.05, 0) is 61.6 Å². The minimum atomic E-state index is -3.70. The maximum Gasteiger partial charge on any atom is 0.243 e. The van der Waals surface area contributed by atoms with Crippen molar-refractivity contribution in [3.05, 3.63) is 88.6 Å². The molecule has 2 aromatic heterocycles. The molecule has 0 spiro atoms. The van der Waals surface area contributed by atoms with Crippen LogP contribution >= 0.6 is 11.3 Å². The van der Waals surface area contributed by atoms with Crippen LogP contribution in [0.1, 0.15) is 35.2 Å². The molecule has 3 heterocycles. The summed E-state index contributed by atoms with van der Waals surface area (Å²) >= 11 is 1.59. The van der Waals surface area contributed by atoms with Gasteiger partial charge in [0.2, 0.25) is 10.0 Å². The number of imidazole rings is 1. The van der Waals surface area contributed by atoms with Crippen molar-refractivity contribution in [1.82, 2.24) is 13.7 Å². The molecule has 3 aromatic carbocycles. The molecule has 0 N–H and O–H groups in total. The lowest BCUT2D eigenvalue weighted by Crippen LogP contribution is -2.39. The molecule has 1 aliphatic rings. The minimum Gasteiger partial charge on any atom is -0.377 e. The van der Waals surface area contributed by atoms with Crippen LogP contribution in [-0.4, -0.2) is 47.9 Å². The molecular weight excluding hydrogens is 526 g/mol. The van der Waals surface area contributed by atoms with E-state index < -0.39 is 10.0 Å². The van der Waals surface area contributed by atoms with Gasteiger partial charge in [0.15, 0.2) is 4.96 Å². The quantitative estimate of drug-likeness (QED) is 0.216. The normalized spacial score (nSPS) is 16.2. The SMILES string of the molecule is Cc1cc(C)c(S(=O)(=O)N(CCc2csc3nc(-c4ccc5ccccc5c4)cn23)CC2CCCO2)c(C)c1. The van der Waals surface area contributed by atoms with Crippen molar-refractivity contribution < 1.29 is 13.2 Å². The molecule has 0 saturated carbocycles. The highest BCUT2D eigenvalue weighted by atomic mass is 32.2. The van der Waals surface area contributed by atoms with E-state index in [0.717, 1.165) is 51.4 Å². The summed E-state index contributed by atoms with van der Waals surface area (Å²) in [6.07, 6.45) is 4.44. The Balaban J connectivity index is 1.29. The van der Waals surface area contributed by atoms with E-state index in [0.29, 0.717) is 31.0 Å². The number of rotatable bonds is 8. The lowest BCUT2D eigenvalue weighted by molar-refractivity contribution is 0.0939. The van der Waals surface area contributed by atoms with Gasteiger partial charge >= 0.3 is 0 Å². The molecule has 1 fully saturated rings. The van der Waals surface area contributed by atoms with E-state index in [4.69, 9.17) is 9.72 Å². The molecule has 0 radical (unpaired) electrons. The summed E-state index contributed by atoms with van der Waals surface area (Å²) in [7, 11) is -3.70. The van der Waals surface area contributed by atoms with E-state index in [1.807, 2.05) is 45.0 Å². The van der Waals surface area contributed by atoms with Crippen LogP contribution in [0.2, 0.25) is 0 Å². The summed E-state index contributed by atoms with van der Waals surface area (Å²) in [5.74, 6) is 0. The highest BCUT2D eigenvalue weighted by molar-refractivity contribution is 7.89. The fourth-order valence-corrected chi connectivity index (χ4v) is 8.56. The average molecular weight is 560 g/mol. The number of hydrogen-bond donors (Lipinski definition) is 0. The van der Waals surface area contributed by atoms with Crippen molar-refractivity contribution in [2.24, 2.45) is 0 Å². The van der Waals surface area contributed by atoms with E-state index in [1.165, 1.54) is 10.8 Å². The van der Waals surface area contributed by atoms with Crippen LogP contribution < -0.4 is 0 Å². The Hall–Kier alpha value is -3.04. The van der Waals surface area contributed by atoms with Crippen LogP contribution in [0.4, 0.5) is 0 Å². The van der Waals surface area contributed by atoms with Crippen LogP contribution in [0, 0.1) is 20.8 Å². The number of hydrogen-bond acceptors (Lipinski definition) is 5. The molecule has 39 heavy (non-hydrogen) atoms. The van der Waals surface area contributed by atoms with Gasteiger partial charge in [0, 0.05) is 49.0 Å². The van der Waals surface area contributed by atoms with Crippen LogP contribution in [0.5, 0.6) is 0 Å². The predicted molar refractivity (Wildman–Crippen MR) is 158 cm³/mol. The summed E-state index contributed by atoms with van der Waals surface area (Å²) in [6, 6.07) is 18.6. The van der Waals surface area contributed by atoms with Gasteiger partial charge in [-0.25, -0.2) is 13.4 Å². The second-order valence-corrected chi connectivity index (χ2v) is 13.3. The third-order valence-corrected chi connectivity index (χ3v) is 10.6. The first kappa shape index (κ1) is 26.2. The molecule has 8 heteroatoms. The summed E-state index contributed by atoms with van der Waals surface area (Å²) in [4.78, 5) is 6.21. The molecular formula is C31H33N3O3S2. The first-order chi connectivity index (χ1) is 18.8. The van der Waals surface area contributed by atoms with Gasteiger partial charge < -0.3 is 4.74 Å². The van der Waals surface area contributed by atoms with Crippen molar-refractivity contribution in [3.63, 3.8) is 0 Å². The zero-order valence-corrected chi connectivity index (χ0v) is 24.2. The van der Waals surface area contributed by atoms with Gasteiger partial charge in [0.1, 0.15) is 0 Å². The van der Waals surface area contributed by atoms with E-state index in [9.17, 15) is 8.42 Å². The van der Waals surface area contributed by atoms with Gasteiger partial charge in [0.05, 0.1) is 16.7 Å². The number of aryl methyl sites for hydroxylation is 3. The molecule has 6 nitrogen and oxygen atoms in total. The lowest BCUT2D eigenvalue weighted by atomic mass is 10.1. The lowest BCUT2D eigenvalue weighted by Gasteiger charge is -2.26. The topological polar surface area (TPSA) is 63.9 Å². The first-order valence-electron chi connectivity index (χ1n) is 13.4. The van der Waals surface area contributed by atoms with Crippen LogP contribution in [0.25, 0.3) is 27.0 Å². The molecule has 0 amide bonds. The fourth-order valence-electron chi connectivity index (χ4n) is 5.76. The molecule has 202 valence electrons. The number of thiazole rings is 1. The predicted octanol–water partition coefficient (Wildman–Crippen LogP) is 6.55. The number of ether oxygens (including phenoxy) is 1. The number of fused-ring (bicyclic) bond motifs is 2. The maximum absolute atomic E-state index is 14.0. The molecule has 6 rings (SSSR count). The molecule has 5 aromatic rings. The molecule has 1 atom stereocenters. The van der Waals surface area contributed by atoms with E-state index >= 15 is 0 Å².